The van der Waals surface area contributed by atoms with Crippen LogP contribution >= 0.6 is 0 Å². The molecule has 0 spiro atoms. The van der Waals surface area contributed by atoms with Crippen molar-refractivity contribution in [3.8, 4) is 0 Å². The van der Waals surface area contributed by atoms with E-state index in [-0.39, 0.29) is 17.5 Å². The highest BCUT2D eigenvalue weighted by molar-refractivity contribution is 5.91. The Morgan fingerprint density at radius 2 is 2.10 bits per heavy atom. The number of carboxylic acid groups (broad SMARTS) is 1. The summed E-state index contributed by atoms with van der Waals surface area (Å²) in [5.74, 6) is -0.580. The van der Waals surface area contributed by atoms with Crippen molar-refractivity contribution in [2.45, 2.75) is 26.7 Å². The van der Waals surface area contributed by atoms with Crippen LogP contribution < -0.4 is 11.1 Å². The van der Waals surface area contributed by atoms with Crippen molar-refractivity contribution in [3.05, 3.63) is 24.0 Å². The molecule has 1 amide bonds. The van der Waals surface area contributed by atoms with Crippen LogP contribution in [0, 0.1) is 11.8 Å². The van der Waals surface area contributed by atoms with E-state index in [2.05, 4.69) is 24.1 Å². The first kappa shape index (κ1) is 16.1. The molecule has 1 heterocycles. The Bertz CT molecular complexity index is 457. The molecular weight excluding hydrogens is 258 g/mol. The van der Waals surface area contributed by atoms with E-state index >= 15 is 0 Å². The molecule has 0 radical (unpaired) electrons. The SMILES string of the molecule is CC(C)C[C@H](CN)CC(=O)Nc1ccc(C(=O)O)nc1. The minimum atomic E-state index is -1.09. The van der Waals surface area contributed by atoms with E-state index in [4.69, 9.17) is 10.8 Å². The fourth-order valence-electron chi connectivity index (χ4n) is 2.00. The van der Waals surface area contributed by atoms with Gasteiger partial charge in [-0.1, -0.05) is 13.8 Å². The summed E-state index contributed by atoms with van der Waals surface area (Å²) >= 11 is 0. The first-order chi connectivity index (χ1) is 9.42. The highest BCUT2D eigenvalue weighted by Crippen LogP contribution is 2.15. The Morgan fingerprint density at radius 1 is 1.40 bits per heavy atom. The first-order valence-corrected chi connectivity index (χ1v) is 6.61. The first-order valence-electron chi connectivity index (χ1n) is 6.61. The molecule has 0 aliphatic heterocycles. The van der Waals surface area contributed by atoms with Gasteiger partial charge in [-0.15, -0.1) is 0 Å². The van der Waals surface area contributed by atoms with Gasteiger partial charge >= 0.3 is 5.97 Å². The van der Waals surface area contributed by atoms with Crippen LogP contribution in [0.5, 0.6) is 0 Å². The van der Waals surface area contributed by atoms with E-state index in [0.29, 0.717) is 24.6 Å². The van der Waals surface area contributed by atoms with Gasteiger partial charge in [-0.3, -0.25) is 4.79 Å². The fraction of sp³-hybridized carbons (Fsp3) is 0.500. The van der Waals surface area contributed by atoms with Gasteiger partial charge in [-0.25, -0.2) is 9.78 Å². The van der Waals surface area contributed by atoms with E-state index in [1.165, 1.54) is 18.3 Å². The second-order valence-corrected chi connectivity index (χ2v) is 5.22. The molecule has 1 atom stereocenters. The number of amides is 1. The standard InChI is InChI=1S/C14H21N3O3/c1-9(2)5-10(7-15)6-13(18)17-11-3-4-12(14(19)20)16-8-11/h3-4,8-10H,5-7,15H2,1-2H3,(H,17,18)(H,19,20)/t10-/m0/s1. The number of pyridine rings is 1. The highest BCUT2D eigenvalue weighted by atomic mass is 16.4. The van der Waals surface area contributed by atoms with Gasteiger partial charge in [0.05, 0.1) is 11.9 Å². The fourth-order valence-corrected chi connectivity index (χ4v) is 2.00. The third-order valence-corrected chi connectivity index (χ3v) is 2.88. The summed E-state index contributed by atoms with van der Waals surface area (Å²) in [5.41, 5.74) is 6.09. The summed E-state index contributed by atoms with van der Waals surface area (Å²) < 4.78 is 0. The zero-order valence-electron chi connectivity index (χ0n) is 11.8. The van der Waals surface area contributed by atoms with Crippen molar-refractivity contribution >= 4 is 17.6 Å². The molecular formula is C14H21N3O3. The molecule has 4 N–H and O–H groups in total. The lowest BCUT2D eigenvalue weighted by atomic mass is 9.94. The van der Waals surface area contributed by atoms with Crippen LogP contribution in [-0.4, -0.2) is 28.5 Å². The third kappa shape index (κ3) is 5.36. The number of carbonyl (C=O) groups excluding carboxylic acids is 1. The lowest BCUT2D eigenvalue weighted by Crippen LogP contribution is -2.23. The second kappa shape index (κ2) is 7.59. The molecule has 110 valence electrons. The summed E-state index contributed by atoms with van der Waals surface area (Å²) in [7, 11) is 0. The molecule has 0 aliphatic rings. The maximum atomic E-state index is 11.9. The predicted molar refractivity (Wildman–Crippen MR) is 76.4 cm³/mol. The van der Waals surface area contributed by atoms with E-state index in [1.54, 1.807) is 0 Å². The van der Waals surface area contributed by atoms with Crippen molar-refractivity contribution in [1.82, 2.24) is 4.98 Å². The number of carbonyl (C=O) groups is 2. The van der Waals surface area contributed by atoms with Crippen molar-refractivity contribution in [1.29, 1.82) is 0 Å². The number of aromatic carboxylic acids is 1. The molecule has 20 heavy (non-hydrogen) atoms. The van der Waals surface area contributed by atoms with Crippen LogP contribution in [0.15, 0.2) is 18.3 Å². The molecule has 0 unspecified atom stereocenters. The van der Waals surface area contributed by atoms with Crippen LogP contribution in [0.2, 0.25) is 0 Å². The van der Waals surface area contributed by atoms with Gasteiger partial charge < -0.3 is 16.2 Å². The normalized spacial score (nSPS) is 12.2. The zero-order chi connectivity index (χ0) is 15.1. The molecule has 0 aliphatic carbocycles. The van der Waals surface area contributed by atoms with Crippen molar-refractivity contribution in [2.24, 2.45) is 17.6 Å². The lowest BCUT2D eigenvalue weighted by Gasteiger charge is -2.16. The number of hydrogen-bond acceptors (Lipinski definition) is 4. The van der Waals surface area contributed by atoms with Crippen LogP contribution in [0.25, 0.3) is 0 Å². The summed E-state index contributed by atoms with van der Waals surface area (Å²) in [6.07, 6.45) is 2.59. The number of carboxylic acids is 1. The average molecular weight is 279 g/mol. The molecule has 6 heteroatoms. The number of nitrogens with one attached hydrogen (secondary N) is 1. The smallest absolute Gasteiger partial charge is 0.354 e. The van der Waals surface area contributed by atoms with Gasteiger partial charge in [0.1, 0.15) is 5.69 Å². The topological polar surface area (TPSA) is 105 Å². The molecule has 0 fully saturated rings. The largest absolute Gasteiger partial charge is 0.477 e. The third-order valence-electron chi connectivity index (χ3n) is 2.88. The predicted octanol–water partition coefficient (Wildman–Crippen LogP) is 1.73. The summed E-state index contributed by atoms with van der Waals surface area (Å²) in [4.78, 5) is 26.3. The molecule has 0 bridgehead atoms. The number of nitrogens with zero attached hydrogens (tertiary/aromatic N) is 1. The second-order valence-electron chi connectivity index (χ2n) is 5.22. The quantitative estimate of drug-likeness (QED) is 0.705. The molecule has 1 rings (SSSR count). The van der Waals surface area contributed by atoms with Crippen molar-refractivity contribution in [2.75, 3.05) is 11.9 Å². The molecule has 0 saturated heterocycles. The molecule has 0 aromatic carbocycles. The monoisotopic (exact) mass is 279 g/mol. The maximum Gasteiger partial charge on any atom is 0.354 e. The number of anilines is 1. The molecule has 1 aromatic rings. The lowest BCUT2D eigenvalue weighted by molar-refractivity contribution is -0.117. The zero-order valence-corrected chi connectivity index (χ0v) is 11.8. The molecule has 6 nitrogen and oxygen atoms in total. The van der Waals surface area contributed by atoms with Crippen LogP contribution in [0.4, 0.5) is 5.69 Å². The van der Waals surface area contributed by atoms with E-state index in [1.807, 2.05) is 0 Å². The van der Waals surface area contributed by atoms with E-state index < -0.39 is 5.97 Å². The van der Waals surface area contributed by atoms with E-state index in [9.17, 15) is 9.59 Å². The van der Waals surface area contributed by atoms with Gasteiger partial charge in [0.15, 0.2) is 0 Å². The Morgan fingerprint density at radius 3 is 2.55 bits per heavy atom. The van der Waals surface area contributed by atoms with Gasteiger partial charge in [-0.2, -0.15) is 0 Å². The van der Waals surface area contributed by atoms with Crippen LogP contribution in [-0.2, 0) is 4.79 Å². The minimum absolute atomic E-state index is 0.0531. The molecule has 1 aromatic heterocycles. The average Bonchev–Trinajstić information content (AvgIpc) is 2.37. The summed E-state index contributed by atoms with van der Waals surface area (Å²) in [6.45, 7) is 4.66. The Balaban J connectivity index is 2.55. The number of rotatable bonds is 7. The van der Waals surface area contributed by atoms with Crippen molar-refractivity contribution in [3.63, 3.8) is 0 Å². The number of hydrogen-bond donors (Lipinski definition) is 3. The Labute approximate surface area is 118 Å². The van der Waals surface area contributed by atoms with Crippen LogP contribution in [0.3, 0.4) is 0 Å². The van der Waals surface area contributed by atoms with Gasteiger partial charge in [0.2, 0.25) is 5.91 Å². The highest BCUT2D eigenvalue weighted by Gasteiger charge is 2.14. The van der Waals surface area contributed by atoms with Gasteiger partial charge in [-0.05, 0) is 36.9 Å². The summed E-state index contributed by atoms with van der Waals surface area (Å²) in [5, 5.41) is 11.4. The Kier molecular flexibility index (Phi) is 6.11. The Hall–Kier alpha value is -1.95. The van der Waals surface area contributed by atoms with Gasteiger partial charge in [0, 0.05) is 6.42 Å². The summed E-state index contributed by atoms with van der Waals surface area (Å²) in [6, 6.07) is 2.88. The van der Waals surface area contributed by atoms with E-state index in [0.717, 1.165) is 6.42 Å². The van der Waals surface area contributed by atoms with Crippen molar-refractivity contribution < 1.29 is 14.7 Å². The minimum Gasteiger partial charge on any atom is -0.477 e. The number of aromatic nitrogens is 1. The number of nitrogens with two attached hydrogens (primary N) is 1. The molecule has 0 saturated carbocycles. The van der Waals surface area contributed by atoms with Crippen LogP contribution in [0.1, 0.15) is 37.2 Å². The maximum absolute atomic E-state index is 11.9. The van der Waals surface area contributed by atoms with Gasteiger partial charge in [0.25, 0.3) is 0 Å².